The predicted molar refractivity (Wildman–Crippen MR) is 248 cm³/mol. The third-order valence-corrected chi connectivity index (χ3v) is 12.4. The maximum absolute atomic E-state index is 6.47. The van der Waals surface area contributed by atoms with E-state index in [1.807, 2.05) is 24.3 Å². The molecule has 0 aromatic heterocycles. The zero-order valence-corrected chi connectivity index (χ0v) is 33.4. The van der Waals surface area contributed by atoms with Crippen LogP contribution >= 0.6 is 0 Å². The van der Waals surface area contributed by atoms with Crippen LogP contribution in [0.5, 0.6) is 23.0 Å². The number of anilines is 6. The molecule has 2 aliphatic heterocycles. The van der Waals surface area contributed by atoms with Crippen molar-refractivity contribution in [2.75, 3.05) is 9.80 Å². The number of para-hydroxylation sites is 8. The van der Waals surface area contributed by atoms with E-state index >= 15 is 0 Å². The average Bonchev–Trinajstić information content (AvgIpc) is 3.28. The van der Waals surface area contributed by atoms with Gasteiger partial charge in [-0.2, -0.15) is 0 Å². The Bertz CT molecular complexity index is 3130. The minimum atomic E-state index is 0.320. The van der Waals surface area contributed by atoms with Gasteiger partial charge < -0.3 is 19.3 Å². The number of benzene rings is 8. The second-order valence-electron chi connectivity index (χ2n) is 16.2. The summed E-state index contributed by atoms with van der Waals surface area (Å²) in [7, 11) is 0. The molecule has 0 bridgehead atoms. The Kier molecular flexibility index (Phi) is 7.76. The van der Waals surface area contributed by atoms with E-state index in [9.17, 15) is 0 Å². The highest BCUT2D eigenvalue weighted by Crippen LogP contribution is 2.54. The summed E-state index contributed by atoms with van der Waals surface area (Å²) in [4.78, 5) is 4.71. The van der Waals surface area contributed by atoms with Gasteiger partial charge in [0.25, 0.3) is 0 Å². The summed E-state index contributed by atoms with van der Waals surface area (Å²) in [6, 6.07) is 54.5. The molecule has 0 fully saturated rings. The first-order valence-electron chi connectivity index (χ1n) is 20.8. The molecule has 0 amide bonds. The lowest BCUT2D eigenvalue weighted by Gasteiger charge is -2.34. The molecule has 0 N–H and O–H groups in total. The van der Waals surface area contributed by atoms with Crippen LogP contribution in [0.15, 0.2) is 194 Å². The molecule has 12 rings (SSSR count). The van der Waals surface area contributed by atoms with Gasteiger partial charge in [-0.1, -0.05) is 126 Å². The molecule has 2 heterocycles. The third kappa shape index (κ3) is 5.45. The summed E-state index contributed by atoms with van der Waals surface area (Å²) in [5, 5.41) is 4.89. The van der Waals surface area contributed by atoms with Crippen LogP contribution in [0, 0.1) is 19.8 Å². The van der Waals surface area contributed by atoms with Gasteiger partial charge in [0.1, 0.15) is 0 Å². The average molecular weight is 773 g/mol. The highest BCUT2D eigenvalue weighted by molar-refractivity contribution is 6.20. The summed E-state index contributed by atoms with van der Waals surface area (Å²) >= 11 is 0. The van der Waals surface area contributed by atoms with Crippen LogP contribution in [0.4, 0.5) is 34.1 Å². The number of allylic oxidation sites excluding steroid dienone is 8. The van der Waals surface area contributed by atoms with Crippen molar-refractivity contribution in [2.24, 2.45) is 5.92 Å². The fraction of sp³-hybridized carbons (Fsp3) is 0.0714. The zero-order chi connectivity index (χ0) is 39.9. The number of nitrogens with zero attached hydrogens (tertiary/aromatic N) is 2. The van der Waals surface area contributed by atoms with Crippen LogP contribution in [0.1, 0.15) is 23.1 Å². The normalized spacial score (nSPS) is 15.9. The van der Waals surface area contributed by atoms with Crippen molar-refractivity contribution < 1.29 is 9.47 Å². The molecule has 8 aromatic rings. The van der Waals surface area contributed by atoms with Crippen molar-refractivity contribution in [2.45, 2.75) is 20.3 Å². The van der Waals surface area contributed by atoms with Gasteiger partial charge in [0, 0.05) is 17.3 Å². The number of rotatable bonds is 4. The smallest absolute Gasteiger partial charge is 0.151 e. The van der Waals surface area contributed by atoms with Gasteiger partial charge in [0.15, 0.2) is 23.0 Å². The number of aryl methyl sites for hydroxylation is 2. The Morgan fingerprint density at radius 3 is 1.48 bits per heavy atom. The van der Waals surface area contributed by atoms with E-state index in [2.05, 4.69) is 187 Å². The molecule has 60 heavy (non-hydrogen) atoms. The first-order chi connectivity index (χ1) is 29.6. The second kappa shape index (κ2) is 13.5. The molecule has 1 unspecified atom stereocenters. The lowest BCUT2D eigenvalue weighted by Crippen LogP contribution is -2.16. The number of fused-ring (bicyclic) bond motifs is 7. The molecule has 0 radical (unpaired) electrons. The van der Waals surface area contributed by atoms with E-state index in [1.165, 1.54) is 60.5 Å². The van der Waals surface area contributed by atoms with Crippen LogP contribution in [0.2, 0.25) is 0 Å². The van der Waals surface area contributed by atoms with Crippen LogP contribution in [-0.2, 0) is 0 Å². The van der Waals surface area contributed by atoms with Gasteiger partial charge in [-0.05, 0) is 142 Å². The minimum absolute atomic E-state index is 0.320. The van der Waals surface area contributed by atoms with Gasteiger partial charge in [0.05, 0.1) is 22.7 Å². The summed E-state index contributed by atoms with van der Waals surface area (Å²) in [5.41, 5.74) is 15.1. The highest BCUT2D eigenvalue weighted by atomic mass is 16.5. The summed E-state index contributed by atoms with van der Waals surface area (Å²) < 4.78 is 12.9. The molecule has 8 aromatic carbocycles. The molecule has 4 heteroatoms. The van der Waals surface area contributed by atoms with E-state index < -0.39 is 0 Å². The first kappa shape index (κ1) is 34.5. The maximum atomic E-state index is 6.47. The Balaban J connectivity index is 1.18. The summed E-state index contributed by atoms with van der Waals surface area (Å²) in [5.74, 6) is 3.69. The number of hydrogen-bond donors (Lipinski definition) is 0. The van der Waals surface area contributed by atoms with Crippen molar-refractivity contribution in [1.82, 2.24) is 0 Å². The van der Waals surface area contributed by atoms with E-state index in [-0.39, 0.29) is 0 Å². The number of ether oxygens (including phenoxy) is 2. The van der Waals surface area contributed by atoms with E-state index in [4.69, 9.17) is 9.47 Å². The standard InChI is InChI=1S/C56H40N2O2/c1-35-29-36(2)31-40(30-35)56-44-28-26-41(57-47-15-5-9-19-51(47)59-52-20-10-6-16-48(52)57)33-45(44)55(39-24-23-37-13-3-4-14-38(37)32-39)43-27-25-42(34-46(43)56)58-49-17-7-11-21-53(49)60-54-22-12-8-18-50(54)58/h3-31,33-34,38H,32H2,1-2H3. The topological polar surface area (TPSA) is 24.9 Å². The molecular formula is C56H40N2O2. The lowest BCUT2D eigenvalue weighted by atomic mass is 9.78. The van der Waals surface area contributed by atoms with Gasteiger partial charge >= 0.3 is 0 Å². The molecule has 286 valence electrons. The largest absolute Gasteiger partial charge is 0.453 e. The van der Waals surface area contributed by atoms with Gasteiger partial charge in [-0.25, -0.2) is 0 Å². The van der Waals surface area contributed by atoms with Crippen molar-refractivity contribution >= 4 is 61.2 Å². The van der Waals surface area contributed by atoms with Crippen molar-refractivity contribution in [3.8, 4) is 34.1 Å². The Morgan fingerprint density at radius 2 is 0.950 bits per heavy atom. The fourth-order valence-corrected chi connectivity index (χ4v) is 9.88. The Hall–Kier alpha value is -7.56. The van der Waals surface area contributed by atoms with Crippen molar-refractivity contribution in [3.63, 3.8) is 0 Å². The van der Waals surface area contributed by atoms with Crippen molar-refractivity contribution in [3.05, 3.63) is 210 Å². The van der Waals surface area contributed by atoms with Gasteiger partial charge in [0.2, 0.25) is 0 Å². The van der Waals surface area contributed by atoms with E-state index in [1.54, 1.807) is 0 Å². The molecule has 4 aliphatic rings. The first-order valence-corrected chi connectivity index (χ1v) is 20.8. The molecule has 4 nitrogen and oxygen atoms in total. The van der Waals surface area contributed by atoms with Crippen LogP contribution in [0.25, 0.3) is 38.2 Å². The monoisotopic (exact) mass is 772 g/mol. The quantitative estimate of drug-likeness (QED) is 0.166. The Labute approximate surface area is 349 Å². The zero-order valence-electron chi connectivity index (χ0n) is 33.4. The fourth-order valence-electron chi connectivity index (χ4n) is 9.88. The lowest BCUT2D eigenvalue weighted by molar-refractivity contribution is 0.477. The SMILES string of the molecule is Cc1cc(C)cc(-c2c3ccc(N4c5ccccc5Oc5ccccc54)cc3c(C3=CC=C4C=CC=CC4C3)c3ccc(N4c5ccccc5Oc5ccccc54)cc23)c1. The van der Waals surface area contributed by atoms with Crippen LogP contribution in [0.3, 0.4) is 0 Å². The van der Waals surface area contributed by atoms with E-state index in [0.29, 0.717) is 5.92 Å². The second-order valence-corrected chi connectivity index (χ2v) is 16.2. The van der Waals surface area contributed by atoms with E-state index in [0.717, 1.165) is 63.5 Å². The third-order valence-electron chi connectivity index (χ3n) is 12.4. The molecule has 0 saturated carbocycles. The molecule has 0 spiro atoms. The number of hydrogen-bond acceptors (Lipinski definition) is 4. The molecule has 2 aliphatic carbocycles. The highest BCUT2D eigenvalue weighted by Gasteiger charge is 2.30. The summed E-state index contributed by atoms with van der Waals surface area (Å²) in [6.45, 7) is 4.41. The Morgan fingerprint density at radius 1 is 0.467 bits per heavy atom. The molecular weight excluding hydrogens is 733 g/mol. The maximum Gasteiger partial charge on any atom is 0.151 e. The summed E-state index contributed by atoms with van der Waals surface area (Å²) in [6.07, 6.45) is 14.6. The molecule has 0 saturated heterocycles. The van der Waals surface area contributed by atoms with Gasteiger partial charge in [-0.15, -0.1) is 0 Å². The van der Waals surface area contributed by atoms with Gasteiger partial charge in [-0.3, -0.25) is 0 Å². The predicted octanol–water partition coefficient (Wildman–Crippen LogP) is 15.9. The van der Waals surface area contributed by atoms with Crippen LogP contribution in [-0.4, -0.2) is 0 Å². The van der Waals surface area contributed by atoms with Crippen LogP contribution < -0.4 is 19.3 Å². The van der Waals surface area contributed by atoms with Crippen molar-refractivity contribution in [1.29, 1.82) is 0 Å². The molecule has 1 atom stereocenters. The minimum Gasteiger partial charge on any atom is -0.453 e.